The molecule has 0 saturated heterocycles. The average Bonchev–Trinajstić information content (AvgIpc) is 2.94. The predicted molar refractivity (Wildman–Crippen MR) is 64.0 cm³/mol. The Balaban J connectivity index is 2.28. The van der Waals surface area contributed by atoms with Crippen LogP contribution in [0.2, 0.25) is 0 Å². The second-order valence-electron chi connectivity index (χ2n) is 4.62. The van der Waals surface area contributed by atoms with Gasteiger partial charge in [0, 0.05) is 0 Å². The van der Waals surface area contributed by atoms with Crippen LogP contribution in [0.1, 0.15) is 29.5 Å². The second-order valence-corrected chi connectivity index (χ2v) is 4.89. The topological polar surface area (TPSA) is 9.23 Å². The normalized spacial score (nSPS) is 17.6. The first kappa shape index (κ1) is 10.8. The Kier molecular flexibility index (Phi) is 2.68. The van der Waals surface area contributed by atoms with E-state index in [1.165, 1.54) is 16.7 Å². The number of halogens is 1. The first-order chi connectivity index (χ1) is 7.06. The van der Waals surface area contributed by atoms with Crippen molar-refractivity contribution < 1.29 is 4.74 Å². The van der Waals surface area contributed by atoms with E-state index in [1.54, 1.807) is 0 Å². The third-order valence-electron chi connectivity index (χ3n) is 3.14. The van der Waals surface area contributed by atoms with Crippen molar-refractivity contribution in [2.45, 2.75) is 39.2 Å². The second kappa shape index (κ2) is 3.71. The van der Waals surface area contributed by atoms with Crippen LogP contribution in [0.25, 0.3) is 0 Å². The fourth-order valence-electron chi connectivity index (χ4n) is 1.74. The maximum absolute atomic E-state index is 6.02. The fourth-order valence-corrected chi connectivity index (χ4v) is 2.06. The molecular weight excluding hydrogens is 208 g/mol. The summed E-state index contributed by atoms with van der Waals surface area (Å²) in [6.45, 7) is 6.32. The molecule has 1 aliphatic rings. The maximum atomic E-state index is 6.02. The van der Waals surface area contributed by atoms with Crippen molar-refractivity contribution in [2.24, 2.45) is 0 Å². The summed E-state index contributed by atoms with van der Waals surface area (Å²) in [5.74, 6) is 1.60. The van der Waals surface area contributed by atoms with Crippen LogP contribution in [0, 0.1) is 20.8 Å². The van der Waals surface area contributed by atoms with Gasteiger partial charge >= 0.3 is 0 Å². The highest BCUT2D eigenvalue weighted by Crippen LogP contribution is 2.42. The van der Waals surface area contributed by atoms with Gasteiger partial charge in [0.25, 0.3) is 0 Å². The molecule has 1 fully saturated rings. The average molecular weight is 225 g/mol. The number of hydrogen-bond donors (Lipinski definition) is 0. The zero-order valence-corrected chi connectivity index (χ0v) is 10.3. The molecule has 0 atom stereocenters. The third-order valence-corrected chi connectivity index (χ3v) is 3.63. The molecular formula is C13H17ClO. The van der Waals surface area contributed by atoms with E-state index in [1.807, 2.05) is 0 Å². The van der Waals surface area contributed by atoms with E-state index >= 15 is 0 Å². The van der Waals surface area contributed by atoms with E-state index in [9.17, 15) is 0 Å². The van der Waals surface area contributed by atoms with Crippen LogP contribution in [0.4, 0.5) is 0 Å². The van der Waals surface area contributed by atoms with Gasteiger partial charge in [0.05, 0.1) is 5.88 Å². The van der Waals surface area contributed by atoms with Crippen molar-refractivity contribution in [1.29, 1.82) is 0 Å². The molecule has 0 radical (unpaired) electrons. The Morgan fingerprint density at radius 3 is 2.47 bits per heavy atom. The molecule has 0 aromatic heterocycles. The Bertz CT molecular complexity index is 380. The molecule has 0 bridgehead atoms. The van der Waals surface area contributed by atoms with E-state index in [0.29, 0.717) is 5.88 Å². The largest absolute Gasteiger partial charge is 0.486 e. The number of rotatable bonds is 3. The molecule has 82 valence electrons. The van der Waals surface area contributed by atoms with Crippen molar-refractivity contribution in [2.75, 3.05) is 5.88 Å². The summed E-state index contributed by atoms with van der Waals surface area (Å²) in [6, 6.07) is 4.29. The Morgan fingerprint density at radius 1 is 1.27 bits per heavy atom. The first-order valence-electron chi connectivity index (χ1n) is 5.39. The molecule has 2 rings (SSSR count). The Hall–Kier alpha value is -0.690. The zero-order chi connectivity index (χ0) is 11.1. The van der Waals surface area contributed by atoms with Crippen LogP contribution in [0.15, 0.2) is 12.1 Å². The first-order valence-corrected chi connectivity index (χ1v) is 5.93. The number of ether oxygens (including phenoxy) is 1. The summed E-state index contributed by atoms with van der Waals surface area (Å²) in [7, 11) is 0. The predicted octanol–water partition coefficient (Wildman–Crippen LogP) is 3.76. The molecule has 1 aromatic carbocycles. The minimum Gasteiger partial charge on any atom is -0.486 e. The standard InChI is InChI=1S/C13H17ClO/c1-9-6-10(2)11(3)12(7-9)15-13(8-14)4-5-13/h6-7H,4-5,8H2,1-3H3. The highest BCUT2D eigenvalue weighted by molar-refractivity contribution is 6.18. The van der Waals surface area contributed by atoms with Crippen LogP contribution < -0.4 is 4.74 Å². The van der Waals surface area contributed by atoms with Gasteiger partial charge in [-0.2, -0.15) is 0 Å². The van der Waals surface area contributed by atoms with Gasteiger partial charge < -0.3 is 4.74 Å². The van der Waals surface area contributed by atoms with Gasteiger partial charge in [-0.25, -0.2) is 0 Å². The summed E-state index contributed by atoms with van der Waals surface area (Å²) in [6.07, 6.45) is 2.17. The van der Waals surface area contributed by atoms with Crippen LogP contribution in [-0.4, -0.2) is 11.5 Å². The molecule has 1 saturated carbocycles. The quantitative estimate of drug-likeness (QED) is 0.711. The lowest BCUT2D eigenvalue weighted by Gasteiger charge is -2.18. The lowest BCUT2D eigenvalue weighted by Crippen LogP contribution is -2.20. The number of aryl methyl sites for hydroxylation is 2. The molecule has 0 heterocycles. The van der Waals surface area contributed by atoms with Crippen molar-refractivity contribution in [3.8, 4) is 5.75 Å². The Morgan fingerprint density at radius 2 is 1.93 bits per heavy atom. The molecule has 1 aromatic rings. The van der Waals surface area contributed by atoms with Crippen LogP contribution in [0.3, 0.4) is 0 Å². The van der Waals surface area contributed by atoms with Crippen molar-refractivity contribution >= 4 is 11.6 Å². The fraction of sp³-hybridized carbons (Fsp3) is 0.538. The van der Waals surface area contributed by atoms with Gasteiger partial charge in [0.15, 0.2) is 0 Å². The van der Waals surface area contributed by atoms with E-state index in [2.05, 4.69) is 32.9 Å². The highest BCUT2D eigenvalue weighted by Gasteiger charge is 2.45. The van der Waals surface area contributed by atoms with Gasteiger partial charge in [0.1, 0.15) is 11.4 Å². The highest BCUT2D eigenvalue weighted by atomic mass is 35.5. The lowest BCUT2D eigenvalue weighted by molar-refractivity contribution is 0.202. The van der Waals surface area contributed by atoms with Crippen molar-refractivity contribution in [3.05, 3.63) is 28.8 Å². The summed E-state index contributed by atoms with van der Waals surface area (Å²) in [5.41, 5.74) is 3.71. The minimum absolute atomic E-state index is 0.0629. The molecule has 0 amide bonds. The number of hydrogen-bond acceptors (Lipinski definition) is 1. The summed E-state index contributed by atoms with van der Waals surface area (Å²) >= 11 is 5.91. The van der Waals surface area contributed by atoms with Gasteiger partial charge in [-0.05, 0) is 56.4 Å². The molecule has 0 aliphatic heterocycles. The third kappa shape index (κ3) is 2.12. The van der Waals surface area contributed by atoms with Gasteiger partial charge in [-0.1, -0.05) is 6.07 Å². The zero-order valence-electron chi connectivity index (χ0n) is 9.56. The molecule has 0 spiro atoms. The summed E-state index contributed by atoms with van der Waals surface area (Å²) in [4.78, 5) is 0. The summed E-state index contributed by atoms with van der Waals surface area (Å²) < 4.78 is 6.02. The van der Waals surface area contributed by atoms with Gasteiger partial charge in [0.2, 0.25) is 0 Å². The SMILES string of the molecule is Cc1cc(C)c(C)c(OC2(CCl)CC2)c1. The van der Waals surface area contributed by atoms with E-state index < -0.39 is 0 Å². The molecule has 0 N–H and O–H groups in total. The van der Waals surface area contributed by atoms with E-state index in [4.69, 9.17) is 16.3 Å². The summed E-state index contributed by atoms with van der Waals surface area (Å²) in [5, 5.41) is 0. The minimum atomic E-state index is -0.0629. The lowest BCUT2D eigenvalue weighted by atomic mass is 10.1. The number of alkyl halides is 1. The molecule has 0 unspecified atom stereocenters. The molecule has 1 aliphatic carbocycles. The van der Waals surface area contributed by atoms with Crippen LogP contribution in [0.5, 0.6) is 5.75 Å². The molecule has 1 nitrogen and oxygen atoms in total. The van der Waals surface area contributed by atoms with Crippen molar-refractivity contribution in [3.63, 3.8) is 0 Å². The van der Waals surface area contributed by atoms with Crippen molar-refractivity contribution in [1.82, 2.24) is 0 Å². The molecule has 2 heteroatoms. The van der Waals surface area contributed by atoms with Crippen LogP contribution in [-0.2, 0) is 0 Å². The van der Waals surface area contributed by atoms with E-state index in [-0.39, 0.29) is 5.60 Å². The Labute approximate surface area is 96.4 Å². The van der Waals surface area contributed by atoms with Crippen LogP contribution >= 0.6 is 11.6 Å². The maximum Gasteiger partial charge on any atom is 0.123 e. The van der Waals surface area contributed by atoms with Gasteiger partial charge in [-0.15, -0.1) is 11.6 Å². The monoisotopic (exact) mass is 224 g/mol. The molecule has 15 heavy (non-hydrogen) atoms. The van der Waals surface area contributed by atoms with E-state index in [0.717, 1.165) is 18.6 Å². The smallest absolute Gasteiger partial charge is 0.123 e. The number of benzene rings is 1. The van der Waals surface area contributed by atoms with Gasteiger partial charge in [-0.3, -0.25) is 0 Å².